The maximum Gasteiger partial charge on any atom is 0.0679 e. The van der Waals surface area contributed by atoms with Crippen molar-refractivity contribution in [3.63, 3.8) is 0 Å². The molecule has 1 saturated heterocycles. The fourth-order valence-corrected chi connectivity index (χ4v) is 2.48. The third kappa shape index (κ3) is 4.94. The highest BCUT2D eigenvalue weighted by Crippen LogP contribution is 2.16. The molecule has 1 aliphatic heterocycles. The molecule has 3 heteroatoms. The summed E-state index contributed by atoms with van der Waals surface area (Å²) in [4.78, 5) is 2.29. The normalized spacial score (nSPS) is 20.9. The number of hydrogen-bond acceptors (Lipinski definition) is 3. The van der Waals surface area contributed by atoms with Crippen LogP contribution in [0.15, 0.2) is 24.3 Å². The molecule has 0 radical (unpaired) electrons. The highest BCUT2D eigenvalue weighted by molar-refractivity contribution is 5.23. The lowest BCUT2D eigenvalue weighted by molar-refractivity contribution is 0.0714. The average molecular weight is 263 g/mol. The van der Waals surface area contributed by atoms with Crippen molar-refractivity contribution in [2.45, 2.75) is 51.4 Å². The van der Waals surface area contributed by atoms with Crippen LogP contribution in [0.5, 0.6) is 0 Å². The highest BCUT2D eigenvalue weighted by atomic mass is 16.3. The van der Waals surface area contributed by atoms with Crippen molar-refractivity contribution < 1.29 is 10.2 Å². The molecule has 1 aromatic carbocycles. The Labute approximate surface area is 115 Å². The van der Waals surface area contributed by atoms with Gasteiger partial charge in [0, 0.05) is 19.6 Å². The van der Waals surface area contributed by atoms with Crippen molar-refractivity contribution in [1.29, 1.82) is 0 Å². The van der Waals surface area contributed by atoms with Crippen LogP contribution in [-0.2, 0) is 13.0 Å². The zero-order valence-electron chi connectivity index (χ0n) is 12.0. The van der Waals surface area contributed by atoms with Crippen LogP contribution in [0.25, 0.3) is 0 Å². The third-order valence-corrected chi connectivity index (χ3v) is 3.70. The third-order valence-electron chi connectivity index (χ3n) is 3.70. The topological polar surface area (TPSA) is 43.7 Å². The van der Waals surface area contributed by atoms with E-state index >= 15 is 0 Å². The smallest absolute Gasteiger partial charge is 0.0679 e. The van der Waals surface area contributed by atoms with Gasteiger partial charge >= 0.3 is 0 Å². The van der Waals surface area contributed by atoms with E-state index in [0.29, 0.717) is 0 Å². The van der Waals surface area contributed by atoms with Gasteiger partial charge in [0.1, 0.15) is 0 Å². The molecule has 19 heavy (non-hydrogen) atoms. The van der Waals surface area contributed by atoms with E-state index in [9.17, 15) is 10.2 Å². The van der Waals surface area contributed by atoms with E-state index in [1.165, 1.54) is 11.1 Å². The molecule has 0 amide bonds. The average Bonchev–Trinajstić information content (AvgIpc) is 2.73. The van der Waals surface area contributed by atoms with Gasteiger partial charge in [-0.25, -0.2) is 0 Å². The van der Waals surface area contributed by atoms with Gasteiger partial charge in [0.15, 0.2) is 0 Å². The van der Waals surface area contributed by atoms with Crippen LogP contribution < -0.4 is 0 Å². The lowest BCUT2D eigenvalue weighted by atomic mass is 9.98. The van der Waals surface area contributed by atoms with E-state index in [-0.39, 0.29) is 6.10 Å². The van der Waals surface area contributed by atoms with E-state index in [1.807, 2.05) is 13.8 Å². The summed E-state index contributed by atoms with van der Waals surface area (Å²) >= 11 is 0. The minimum absolute atomic E-state index is 0.147. The van der Waals surface area contributed by atoms with E-state index in [0.717, 1.165) is 38.9 Å². The van der Waals surface area contributed by atoms with Gasteiger partial charge in [-0.05, 0) is 44.2 Å². The molecule has 1 heterocycles. The molecule has 0 spiro atoms. The van der Waals surface area contributed by atoms with Crippen LogP contribution in [0.2, 0.25) is 0 Å². The van der Waals surface area contributed by atoms with E-state index in [2.05, 4.69) is 29.2 Å². The number of aryl methyl sites for hydroxylation is 1. The van der Waals surface area contributed by atoms with Crippen molar-refractivity contribution in [2.75, 3.05) is 13.1 Å². The largest absolute Gasteiger partial charge is 0.392 e. The number of benzene rings is 1. The zero-order valence-corrected chi connectivity index (χ0v) is 12.0. The Morgan fingerprint density at radius 1 is 1.21 bits per heavy atom. The molecule has 106 valence electrons. The fraction of sp³-hybridized carbons (Fsp3) is 0.625. The Hall–Kier alpha value is -0.900. The minimum Gasteiger partial charge on any atom is -0.392 e. The number of hydrogen-bond donors (Lipinski definition) is 2. The first kappa shape index (κ1) is 14.5. The number of nitrogens with zero attached hydrogens (tertiary/aromatic N) is 1. The fourth-order valence-electron chi connectivity index (χ4n) is 2.48. The van der Waals surface area contributed by atoms with Gasteiger partial charge in [-0.3, -0.25) is 4.90 Å². The second-order valence-electron chi connectivity index (χ2n) is 6.31. The molecule has 0 bridgehead atoms. The van der Waals surface area contributed by atoms with Gasteiger partial charge in [-0.15, -0.1) is 0 Å². The van der Waals surface area contributed by atoms with Crippen LogP contribution in [-0.4, -0.2) is 39.9 Å². The second kappa shape index (κ2) is 6.04. The first-order valence-corrected chi connectivity index (χ1v) is 7.13. The number of likely N-dealkylation sites (tertiary alicyclic amines) is 1. The van der Waals surface area contributed by atoms with Gasteiger partial charge in [0.05, 0.1) is 11.7 Å². The standard InChI is InChI=1S/C16H25NO2/c1-16(2,19)9-7-13-3-5-14(6-4-13)11-17-10-8-15(18)12-17/h3-6,15,18-19H,7-12H2,1-2H3/t15-/m1/s1. The Bertz CT molecular complexity index is 394. The van der Waals surface area contributed by atoms with Crippen molar-refractivity contribution in [3.05, 3.63) is 35.4 Å². The number of aliphatic hydroxyl groups excluding tert-OH is 1. The van der Waals surface area contributed by atoms with Gasteiger partial charge in [0.25, 0.3) is 0 Å². The monoisotopic (exact) mass is 263 g/mol. The summed E-state index contributed by atoms with van der Waals surface area (Å²) in [6.07, 6.45) is 2.44. The van der Waals surface area contributed by atoms with Crippen molar-refractivity contribution in [1.82, 2.24) is 4.90 Å². The van der Waals surface area contributed by atoms with Crippen molar-refractivity contribution in [2.24, 2.45) is 0 Å². The molecule has 1 aliphatic rings. The predicted octanol–water partition coefficient (Wildman–Crippen LogP) is 1.96. The summed E-state index contributed by atoms with van der Waals surface area (Å²) in [6, 6.07) is 8.61. The van der Waals surface area contributed by atoms with Crippen LogP contribution in [0, 0.1) is 0 Å². The molecule has 2 rings (SSSR count). The van der Waals surface area contributed by atoms with Gasteiger partial charge in [-0.1, -0.05) is 24.3 Å². The van der Waals surface area contributed by atoms with Crippen LogP contribution >= 0.6 is 0 Å². The SMILES string of the molecule is CC(C)(O)CCc1ccc(CN2CC[C@@H](O)C2)cc1. The zero-order chi connectivity index (χ0) is 13.9. The quantitative estimate of drug-likeness (QED) is 0.853. The minimum atomic E-state index is -0.593. The summed E-state index contributed by atoms with van der Waals surface area (Å²) in [5, 5.41) is 19.2. The lowest BCUT2D eigenvalue weighted by Crippen LogP contribution is -2.21. The Kier molecular flexibility index (Phi) is 4.61. The van der Waals surface area contributed by atoms with Crippen LogP contribution in [0.1, 0.15) is 37.8 Å². The Morgan fingerprint density at radius 3 is 2.37 bits per heavy atom. The Morgan fingerprint density at radius 2 is 1.84 bits per heavy atom. The molecule has 2 N–H and O–H groups in total. The highest BCUT2D eigenvalue weighted by Gasteiger charge is 2.19. The van der Waals surface area contributed by atoms with E-state index in [4.69, 9.17) is 0 Å². The summed E-state index contributed by atoms with van der Waals surface area (Å²) in [6.45, 7) is 6.39. The molecule has 0 unspecified atom stereocenters. The maximum atomic E-state index is 9.72. The summed E-state index contributed by atoms with van der Waals surface area (Å²) in [7, 11) is 0. The molecule has 1 fully saturated rings. The van der Waals surface area contributed by atoms with Gasteiger partial charge in [-0.2, -0.15) is 0 Å². The van der Waals surface area contributed by atoms with E-state index < -0.39 is 5.60 Å². The second-order valence-corrected chi connectivity index (χ2v) is 6.31. The maximum absolute atomic E-state index is 9.72. The summed E-state index contributed by atoms with van der Waals surface area (Å²) in [5.41, 5.74) is 1.97. The van der Waals surface area contributed by atoms with Crippen LogP contribution in [0.3, 0.4) is 0 Å². The molecule has 0 saturated carbocycles. The number of β-amino-alcohol motifs (C(OH)–C–C–N with tert-alkyl or cyclic N) is 1. The predicted molar refractivity (Wildman–Crippen MR) is 77.0 cm³/mol. The molecule has 1 atom stereocenters. The summed E-state index contributed by atoms with van der Waals surface area (Å²) < 4.78 is 0. The molecule has 0 aromatic heterocycles. The molecular formula is C16H25NO2. The van der Waals surface area contributed by atoms with Gasteiger partial charge < -0.3 is 10.2 Å². The van der Waals surface area contributed by atoms with Gasteiger partial charge in [0.2, 0.25) is 0 Å². The lowest BCUT2D eigenvalue weighted by Gasteiger charge is -2.17. The number of rotatable bonds is 5. The molecular weight excluding hydrogens is 238 g/mol. The van der Waals surface area contributed by atoms with E-state index in [1.54, 1.807) is 0 Å². The first-order valence-electron chi connectivity index (χ1n) is 7.13. The number of aliphatic hydroxyl groups is 2. The molecule has 0 aliphatic carbocycles. The summed E-state index contributed by atoms with van der Waals surface area (Å²) in [5.74, 6) is 0. The Balaban J connectivity index is 1.84. The molecule has 3 nitrogen and oxygen atoms in total. The van der Waals surface area contributed by atoms with Crippen molar-refractivity contribution in [3.8, 4) is 0 Å². The molecule has 1 aromatic rings. The van der Waals surface area contributed by atoms with Crippen LogP contribution in [0.4, 0.5) is 0 Å². The van der Waals surface area contributed by atoms with Crippen molar-refractivity contribution >= 4 is 0 Å². The first-order chi connectivity index (χ1) is 8.92.